The summed E-state index contributed by atoms with van der Waals surface area (Å²) in [5, 5.41) is 7.37. The van der Waals surface area contributed by atoms with Crippen LogP contribution >= 0.6 is 0 Å². The summed E-state index contributed by atoms with van der Waals surface area (Å²) in [5.74, 6) is 1.62. The fourth-order valence-corrected chi connectivity index (χ4v) is 2.04. The summed E-state index contributed by atoms with van der Waals surface area (Å²) in [5.41, 5.74) is 7.26. The van der Waals surface area contributed by atoms with Gasteiger partial charge in [-0.1, -0.05) is 17.2 Å². The predicted molar refractivity (Wildman–Crippen MR) is 89.2 cm³/mol. The van der Waals surface area contributed by atoms with E-state index in [1.165, 1.54) is 0 Å². The molecule has 7 heteroatoms. The van der Waals surface area contributed by atoms with E-state index in [2.05, 4.69) is 15.2 Å². The largest absolute Gasteiger partial charge is 0.493 e. The highest BCUT2D eigenvalue weighted by Gasteiger charge is 2.06. The number of ether oxygens (including phenoxy) is 2. The molecule has 0 saturated heterocycles. The average molecular weight is 324 g/mol. The second kappa shape index (κ2) is 7.28. The van der Waals surface area contributed by atoms with E-state index in [4.69, 9.17) is 19.6 Å². The zero-order valence-corrected chi connectivity index (χ0v) is 13.0. The van der Waals surface area contributed by atoms with Crippen LogP contribution in [0.1, 0.15) is 17.0 Å². The van der Waals surface area contributed by atoms with Crippen LogP contribution in [0.25, 0.3) is 12.2 Å². The van der Waals surface area contributed by atoms with Gasteiger partial charge in [0.2, 0.25) is 5.89 Å². The number of pyridine rings is 1. The second-order valence-corrected chi connectivity index (χ2v) is 4.87. The van der Waals surface area contributed by atoms with Crippen molar-refractivity contribution in [1.29, 1.82) is 0 Å². The average Bonchev–Trinajstić information content (AvgIpc) is 3.04. The molecule has 0 aliphatic rings. The highest BCUT2D eigenvalue weighted by Crippen LogP contribution is 2.29. The molecule has 0 aliphatic carbocycles. The van der Waals surface area contributed by atoms with Crippen molar-refractivity contribution in [3.8, 4) is 11.5 Å². The Kier molecular flexibility index (Phi) is 4.71. The second-order valence-electron chi connectivity index (χ2n) is 4.87. The lowest BCUT2D eigenvalue weighted by atomic mass is 10.2. The number of nitrogens with zero attached hydrogens (tertiary/aromatic N) is 3. The maximum atomic E-state index is 5.84. The minimum atomic E-state index is 0.0323. The van der Waals surface area contributed by atoms with Crippen molar-refractivity contribution in [2.75, 3.05) is 12.8 Å². The number of hydrogen-bond donors (Lipinski definition) is 1. The molecule has 3 rings (SSSR count). The van der Waals surface area contributed by atoms with E-state index >= 15 is 0 Å². The summed E-state index contributed by atoms with van der Waals surface area (Å²) in [7, 11) is 1.60. The van der Waals surface area contributed by atoms with E-state index in [-0.39, 0.29) is 6.01 Å². The zero-order valence-electron chi connectivity index (χ0n) is 13.0. The first-order valence-electron chi connectivity index (χ1n) is 7.21. The first kappa shape index (κ1) is 15.5. The molecule has 2 N–H and O–H groups in total. The molecule has 24 heavy (non-hydrogen) atoms. The van der Waals surface area contributed by atoms with E-state index in [9.17, 15) is 0 Å². The highest BCUT2D eigenvalue weighted by molar-refractivity contribution is 5.68. The lowest BCUT2D eigenvalue weighted by Crippen LogP contribution is -1.98. The van der Waals surface area contributed by atoms with Crippen molar-refractivity contribution >= 4 is 18.2 Å². The molecule has 0 fully saturated rings. The number of aromatic nitrogens is 3. The Balaban J connectivity index is 1.76. The molecule has 0 saturated carbocycles. The standard InChI is InChI=1S/C17H16N4O3/c1-22-14-6-4-12(5-7-16-20-21-17(18)24-16)9-15(14)23-11-13-3-2-8-19-10-13/h2-10H,11H2,1H3,(H2,18,21)/b7-5+. The van der Waals surface area contributed by atoms with Crippen LogP contribution in [0.3, 0.4) is 0 Å². The number of methoxy groups -OCH3 is 1. The molecule has 0 aliphatic heterocycles. The third-order valence-corrected chi connectivity index (χ3v) is 3.18. The van der Waals surface area contributed by atoms with Gasteiger partial charge in [-0.25, -0.2) is 0 Å². The van der Waals surface area contributed by atoms with Crippen LogP contribution in [0, 0.1) is 0 Å². The quantitative estimate of drug-likeness (QED) is 0.744. The number of nitrogen functional groups attached to an aromatic ring is 1. The maximum Gasteiger partial charge on any atom is 0.313 e. The Morgan fingerprint density at radius 1 is 1.17 bits per heavy atom. The molecule has 2 heterocycles. The molecule has 7 nitrogen and oxygen atoms in total. The van der Waals surface area contributed by atoms with Crippen LogP contribution in [-0.4, -0.2) is 22.3 Å². The molecule has 0 atom stereocenters. The Labute approximate surface area is 138 Å². The summed E-state index contributed by atoms with van der Waals surface area (Å²) >= 11 is 0. The fourth-order valence-electron chi connectivity index (χ4n) is 2.04. The molecule has 2 aromatic heterocycles. The highest BCUT2D eigenvalue weighted by atomic mass is 16.5. The Morgan fingerprint density at radius 3 is 2.79 bits per heavy atom. The van der Waals surface area contributed by atoms with E-state index in [0.717, 1.165) is 11.1 Å². The molecule has 1 aromatic carbocycles. The zero-order chi connectivity index (χ0) is 16.8. The minimum Gasteiger partial charge on any atom is -0.493 e. The Bertz CT molecular complexity index is 831. The molecular weight excluding hydrogens is 308 g/mol. The molecular formula is C17H16N4O3. The SMILES string of the molecule is COc1ccc(/C=C/c2nnc(N)o2)cc1OCc1cccnc1. The van der Waals surface area contributed by atoms with Gasteiger partial charge in [0, 0.05) is 24.0 Å². The van der Waals surface area contributed by atoms with Crippen molar-refractivity contribution in [3.05, 3.63) is 59.7 Å². The Morgan fingerprint density at radius 2 is 2.08 bits per heavy atom. The number of nitrogens with two attached hydrogens (primary N) is 1. The summed E-state index contributed by atoms with van der Waals surface area (Å²) in [6, 6.07) is 9.44. The van der Waals surface area contributed by atoms with Crippen LogP contribution < -0.4 is 15.2 Å². The molecule has 0 radical (unpaired) electrons. The predicted octanol–water partition coefficient (Wildman–Crippen LogP) is 2.80. The van der Waals surface area contributed by atoms with Crippen LogP contribution in [0.15, 0.2) is 47.1 Å². The lowest BCUT2D eigenvalue weighted by molar-refractivity contribution is 0.284. The number of benzene rings is 1. The van der Waals surface area contributed by atoms with Gasteiger partial charge in [0.05, 0.1) is 7.11 Å². The van der Waals surface area contributed by atoms with E-state index in [1.807, 2.05) is 36.4 Å². The van der Waals surface area contributed by atoms with E-state index in [0.29, 0.717) is 24.0 Å². The van der Waals surface area contributed by atoms with Gasteiger partial charge in [-0.15, -0.1) is 5.10 Å². The molecule has 0 unspecified atom stereocenters. The maximum absolute atomic E-state index is 5.84. The van der Waals surface area contributed by atoms with Gasteiger partial charge in [-0.2, -0.15) is 0 Å². The summed E-state index contributed by atoms with van der Waals surface area (Å²) < 4.78 is 16.3. The third-order valence-electron chi connectivity index (χ3n) is 3.18. The van der Waals surface area contributed by atoms with Crippen molar-refractivity contribution < 1.29 is 13.9 Å². The molecule has 0 bridgehead atoms. The van der Waals surface area contributed by atoms with Gasteiger partial charge in [-0.05, 0) is 29.8 Å². The number of hydrogen-bond acceptors (Lipinski definition) is 7. The van der Waals surface area contributed by atoms with Gasteiger partial charge in [0.15, 0.2) is 11.5 Å². The fraction of sp³-hybridized carbons (Fsp3) is 0.118. The molecule has 3 aromatic rings. The van der Waals surface area contributed by atoms with Crippen LogP contribution in [0.2, 0.25) is 0 Å². The van der Waals surface area contributed by atoms with Gasteiger partial charge in [-0.3, -0.25) is 4.98 Å². The van der Waals surface area contributed by atoms with E-state index < -0.39 is 0 Å². The monoisotopic (exact) mass is 324 g/mol. The van der Waals surface area contributed by atoms with Gasteiger partial charge in [0.25, 0.3) is 0 Å². The van der Waals surface area contributed by atoms with Gasteiger partial charge >= 0.3 is 6.01 Å². The van der Waals surface area contributed by atoms with Crippen molar-refractivity contribution in [1.82, 2.24) is 15.2 Å². The van der Waals surface area contributed by atoms with Gasteiger partial charge in [0.1, 0.15) is 6.61 Å². The topological polar surface area (TPSA) is 96.3 Å². The summed E-state index contributed by atoms with van der Waals surface area (Å²) in [6.07, 6.45) is 6.98. The van der Waals surface area contributed by atoms with Crippen molar-refractivity contribution in [3.63, 3.8) is 0 Å². The smallest absolute Gasteiger partial charge is 0.313 e. The van der Waals surface area contributed by atoms with Crippen LogP contribution in [0.4, 0.5) is 6.01 Å². The number of rotatable bonds is 6. The third kappa shape index (κ3) is 3.89. The number of anilines is 1. The molecule has 0 amide bonds. The lowest BCUT2D eigenvalue weighted by Gasteiger charge is -2.11. The Hall–Kier alpha value is -3.35. The van der Waals surface area contributed by atoms with Gasteiger partial charge < -0.3 is 19.6 Å². The molecule has 122 valence electrons. The van der Waals surface area contributed by atoms with Crippen LogP contribution in [0.5, 0.6) is 11.5 Å². The van der Waals surface area contributed by atoms with E-state index in [1.54, 1.807) is 25.6 Å². The minimum absolute atomic E-state index is 0.0323. The normalized spacial score (nSPS) is 10.9. The summed E-state index contributed by atoms with van der Waals surface area (Å²) in [4.78, 5) is 4.07. The first-order chi connectivity index (χ1) is 11.7. The van der Waals surface area contributed by atoms with Crippen LogP contribution in [-0.2, 0) is 6.61 Å². The molecule has 0 spiro atoms. The first-order valence-corrected chi connectivity index (χ1v) is 7.21. The summed E-state index contributed by atoms with van der Waals surface area (Å²) in [6.45, 7) is 0.400. The van der Waals surface area contributed by atoms with Crippen molar-refractivity contribution in [2.45, 2.75) is 6.61 Å². The van der Waals surface area contributed by atoms with Crippen molar-refractivity contribution in [2.24, 2.45) is 0 Å².